The Morgan fingerprint density at radius 1 is 1.22 bits per heavy atom. The maximum atomic E-state index is 14.5. The summed E-state index contributed by atoms with van der Waals surface area (Å²) in [6.45, 7) is 2.01. The lowest BCUT2D eigenvalue weighted by Crippen LogP contribution is -2.20. The van der Waals surface area contributed by atoms with E-state index < -0.39 is 23.0 Å². The summed E-state index contributed by atoms with van der Waals surface area (Å²) in [4.78, 5) is 11.5. The molecule has 23 heavy (non-hydrogen) atoms. The number of carboxylic acid groups (broad SMARTS) is 1. The van der Waals surface area contributed by atoms with Crippen molar-refractivity contribution in [2.75, 3.05) is 6.61 Å². The highest BCUT2D eigenvalue weighted by atomic mass is 19.1. The van der Waals surface area contributed by atoms with Gasteiger partial charge in [0, 0.05) is 5.56 Å². The van der Waals surface area contributed by atoms with Crippen molar-refractivity contribution in [2.24, 2.45) is 0 Å². The van der Waals surface area contributed by atoms with E-state index in [9.17, 15) is 18.7 Å². The van der Waals surface area contributed by atoms with Crippen LogP contribution in [-0.2, 0) is 10.2 Å². The Balaban J connectivity index is 2.17. The number of benzene rings is 2. The Hall–Kier alpha value is -2.43. The minimum Gasteiger partial charge on any atom is -0.490 e. The van der Waals surface area contributed by atoms with Crippen molar-refractivity contribution >= 4 is 5.97 Å². The molecule has 2 aromatic rings. The van der Waals surface area contributed by atoms with Gasteiger partial charge in [0.2, 0.25) is 0 Å². The first kappa shape index (κ1) is 15.5. The van der Waals surface area contributed by atoms with Crippen molar-refractivity contribution in [2.45, 2.75) is 25.2 Å². The van der Waals surface area contributed by atoms with Crippen LogP contribution in [0.25, 0.3) is 11.1 Å². The SMILES string of the molecule is CCOc1c(F)cc(C2(C(=O)O)CC2)cc1-c1ccc(F)cc1. The maximum Gasteiger partial charge on any atom is 0.314 e. The van der Waals surface area contributed by atoms with Gasteiger partial charge < -0.3 is 9.84 Å². The monoisotopic (exact) mass is 318 g/mol. The molecule has 1 aliphatic rings. The number of ether oxygens (including phenoxy) is 1. The molecular formula is C18H16F2O3. The molecule has 1 N–H and O–H groups in total. The third kappa shape index (κ3) is 2.67. The van der Waals surface area contributed by atoms with Crippen molar-refractivity contribution in [1.29, 1.82) is 0 Å². The number of aliphatic carboxylic acids is 1. The van der Waals surface area contributed by atoms with Gasteiger partial charge in [-0.05, 0) is 55.2 Å². The predicted molar refractivity (Wildman–Crippen MR) is 81.5 cm³/mol. The van der Waals surface area contributed by atoms with E-state index in [4.69, 9.17) is 4.74 Å². The van der Waals surface area contributed by atoms with E-state index in [1.165, 1.54) is 30.3 Å². The molecule has 3 nitrogen and oxygen atoms in total. The molecule has 1 aliphatic carbocycles. The quantitative estimate of drug-likeness (QED) is 0.901. The summed E-state index contributed by atoms with van der Waals surface area (Å²) in [5.74, 6) is -1.89. The zero-order chi connectivity index (χ0) is 16.6. The Morgan fingerprint density at radius 2 is 1.87 bits per heavy atom. The molecular weight excluding hydrogens is 302 g/mol. The smallest absolute Gasteiger partial charge is 0.314 e. The number of carboxylic acids is 1. The molecule has 0 bridgehead atoms. The lowest BCUT2D eigenvalue weighted by atomic mass is 9.91. The van der Waals surface area contributed by atoms with Crippen LogP contribution < -0.4 is 4.74 Å². The zero-order valence-electron chi connectivity index (χ0n) is 12.6. The molecule has 3 rings (SSSR count). The van der Waals surface area contributed by atoms with Crippen molar-refractivity contribution < 1.29 is 23.4 Å². The van der Waals surface area contributed by atoms with Gasteiger partial charge in [-0.2, -0.15) is 0 Å². The molecule has 0 heterocycles. The summed E-state index contributed by atoms with van der Waals surface area (Å²) in [6, 6.07) is 8.48. The van der Waals surface area contributed by atoms with Gasteiger partial charge >= 0.3 is 5.97 Å². The van der Waals surface area contributed by atoms with Crippen molar-refractivity contribution in [3.63, 3.8) is 0 Å². The molecule has 0 saturated heterocycles. The van der Waals surface area contributed by atoms with Crippen molar-refractivity contribution in [3.8, 4) is 16.9 Å². The van der Waals surface area contributed by atoms with E-state index in [0.717, 1.165) is 0 Å². The number of hydrogen-bond donors (Lipinski definition) is 1. The topological polar surface area (TPSA) is 46.5 Å². The number of rotatable bonds is 5. The van der Waals surface area contributed by atoms with Gasteiger partial charge in [-0.3, -0.25) is 4.79 Å². The highest BCUT2D eigenvalue weighted by Crippen LogP contribution is 2.50. The van der Waals surface area contributed by atoms with Crippen molar-refractivity contribution in [3.05, 3.63) is 53.6 Å². The Bertz CT molecular complexity index is 750. The van der Waals surface area contributed by atoms with E-state index in [1.807, 2.05) is 0 Å². The number of carbonyl (C=O) groups is 1. The second-order valence-corrected chi connectivity index (χ2v) is 5.66. The largest absolute Gasteiger partial charge is 0.490 e. The second-order valence-electron chi connectivity index (χ2n) is 5.66. The zero-order valence-corrected chi connectivity index (χ0v) is 12.6. The maximum absolute atomic E-state index is 14.5. The fraction of sp³-hybridized carbons (Fsp3) is 0.278. The van der Waals surface area contributed by atoms with Gasteiger partial charge in [-0.1, -0.05) is 12.1 Å². The minimum atomic E-state index is -1.01. The standard InChI is InChI=1S/C18H16F2O3/c1-2-23-16-14(11-3-5-13(19)6-4-11)9-12(10-15(16)20)18(7-8-18)17(21)22/h3-6,9-10H,2,7-8H2,1H3,(H,21,22). The van der Waals surface area contributed by atoms with Crippen LogP contribution >= 0.6 is 0 Å². The summed E-state index contributed by atoms with van der Waals surface area (Å²) < 4.78 is 33.0. The lowest BCUT2D eigenvalue weighted by molar-refractivity contribution is -0.140. The summed E-state index contributed by atoms with van der Waals surface area (Å²) in [5.41, 5.74) is 0.428. The van der Waals surface area contributed by atoms with E-state index >= 15 is 0 Å². The molecule has 0 spiro atoms. The predicted octanol–water partition coefficient (Wildman–Crippen LogP) is 4.15. The fourth-order valence-corrected chi connectivity index (χ4v) is 2.76. The molecule has 0 aromatic heterocycles. The van der Waals surface area contributed by atoms with Crippen LogP contribution in [0.15, 0.2) is 36.4 Å². The van der Waals surface area contributed by atoms with Crippen LogP contribution in [0.1, 0.15) is 25.3 Å². The molecule has 5 heteroatoms. The molecule has 0 aliphatic heterocycles. The first-order chi connectivity index (χ1) is 11.0. The van der Waals surface area contributed by atoms with Gasteiger partial charge in [-0.15, -0.1) is 0 Å². The summed E-state index contributed by atoms with van der Waals surface area (Å²) in [7, 11) is 0. The van der Waals surface area contributed by atoms with Gasteiger partial charge in [0.25, 0.3) is 0 Å². The van der Waals surface area contributed by atoms with Crippen LogP contribution in [0, 0.1) is 11.6 Å². The third-order valence-electron chi connectivity index (χ3n) is 4.20. The number of hydrogen-bond acceptors (Lipinski definition) is 2. The average Bonchev–Trinajstić information content (AvgIpc) is 3.32. The van der Waals surface area contributed by atoms with E-state index in [0.29, 0.717) is 29.5 Å². The fourth-order valence-electron chi connectivity index (χ4n) is 2.76. The molecule has 1 fully saturated rings. The molecule has 120 valence electrons. The van der Waals surface area contributed by atoms with Crippen LogP contribution in [0.2, 0.25) is 0 Å². The van der Waals surface area contributed by atoms with Crippen LogP contribution in [-0.4, -0.2) is 17.7 Å². The first-order valence-corrected chi connectivity index (χ1v) is 7.44. The second kappa shape index (κ2) is 5.65. The highest BCUT2D eigenvalue weighted by molar-refractivity contribution is 5.86. The van der Waals surface area contributed by atoms with Gasteiger partial charge in [0.1, 0.15) is 5.82 Å². The van der Waals surface area contributed by atoms with E-state index in [2.05, 4.69) is 0 Å². The Kier molecular flexibility index (Phi) is 3.80. The summed E-state index contributed by atoms with van der Waals surface area (Å²) >= 11 is 0. The molecule has 1 saturated carbocycles. The van der Waals surface area contributed by atoms with Crippen LogP contribution in [0.5, 0.6) is 5.75 Å². The molecule has 0 radical (unpaired) electrons. The first-order valence-electron chi connectivity index (χ1n) is 7.44. The van der Waals surface area contributed by atoms with Gasteiger partial charge in [-0.25, -0.2) is 8.78 Å². The van der Waals surface area contributed by atoms with Crippen LogP contribution in [0.3, 0.4) is 0 Å². The third-order valence-corrected chi connectivity index (χ3v) is 4.20. The van der Waals surface area contributed by atoms with Crippen molar-refractivity contribution in [1.82, 2.24) is 0 Å². The normalized spacial score (nSPS) is 15.3. The molecule has 0 unspecified atom stereocenters. The Labute approximate surface area is 132 Å². The summed E-state index contributed by atoms with van der Waals surface area (Å²) in [6.07, 6.45) is 0.969. The molecule has 0 atom stereocenters. The van der Waals surface area contributed by atoms with E-state index in [1.54, 1.807) is 13.0 Å². The van der Waals surface area contributed by atoms with E-state index in [-0.39, 0.29) is 12.4 Å². The van der Waals surface area contributed by atoms with Gasteiger partial charge in [0.05, 0.1) is 12.0 Å². The minimum absolute atomic E-state index is 0.0593. The summed E-state index contributed by atoms with van der Waals surface area (Å²) in [5, 5.41) is 9.42. The Morgan fingerprint density at radius 3 is 2.39 bits per heavy atom. The lowest BCUT2D eigenvalue weighted by Gasteiger charge is -2.17. The molecule has 0 amide bonds. The highest BCUT2D eigenvalue weighted by Gasteiger charge is 2.52. The molecule has 2 aromatic carbocycles. The average molecular weight is 318 g/mol. The van der Waals surface area contributed by atoms with Gasteiger partial charge in [0.15, 0.2) is 11.6 Å². The van der Waals surface area contributed by atoms with Crippen LogP contribution in [0.4, 0.5) is 8.78 Å². The number of halogens is 2.